The van der Waals surface area contributed by atoms with Crippen molar-refractivity contribution in [3.8, 4) is 0 Å². The molecule has 0 saturated carbocycles. The Morgan fingerprint density at radius 3 is 2.60 bits per heavy atom. The summed E-state index contributed by atoms with van der Waals surface area (Å²) < 4.78 is 11.1. The Morgan fingerprint density at radius 2 is 2.30 bits per heavy atom. The zero-order valence-electron chi connectivity index (χ0n) is 6.29. The van der Waals surface area contributed by atoms with Crippen molar-refractivity contribution in [2.45, 2.75) is 25.0 Å². The fraction of sp³-hybridized carbons (Fsp3) is 1.00. The van der Waals surface area contributed by atoms with Crippen molar-refractivity contribution in [1.82, 2.24) is 0 Å². The lowest BCUT2D eigenvalue weighted by Gasteiger charge is -2.21. The van der Waals surface area contributed by atoms with Crippen molar-refractivity contribution >= 4 is 7.37 Å². The minimum absolute atomic E-state index is 0.0127. The van der Waals surface area contributed by atoms with Crippen molar-refractivity contribution in [2.24, 2.45) is 0 Å². The van der Waals surface area contributed by atoms with Gasteiger partial charge in [-0.25, -0.2) is 0 Å². The molecule has 0 aromatic heterocycles. The zero-order chi connectivity index (χ0) is 7.61. The first-order chi connectivity index (χ1) is 4.61. The second kappa shape index (κ2) is 3.04. The van der Waals surface area contributed by atoms with Gasteiger partial charge in [-0.1, -0.05) is 0 Å². The Kier molecular flexibility index (Phi) is 2.50. The van der Waals surface area contributed by atoms with Gasteiger partial charge in [-0.15, -0.1) is 0 Å². The average molecular weight is 164 g/mol. The Hall–Kier alpha value is 0.150. The third kappa shape index (κ3) is 2.08. The van der Waals surface area contributed by atoms with Gasteiger partial charge in [-0.2, -0.15) is 0 Å². The maximum atomic E-state index is 11.1. The summed E-state index contributed by atoms with van der Waals surface area (Å²) in [4.78, 5) is 9.17. The van der Waals surface area contributed by atoms with Crippen LogP contribution in [0.1, 0.15) is 19.3 Å². The highest BCUT2D eigenvalue weighted by atomic mass is 31.2. The van der Waals surface area contributed by atoms with Crippen LogP contribution in [-0.4, -0.2) is 23.9 Å². The molecule has 10 heavy (non-hydrogen) atoms. The lowest BCUT2D eigenvalue weighted by Crippen LogP contribution is -2.90. The van der Waals surface area contributed by atoms with Crippen molar-refractivity contribution < 1.29 is 14.8 Å². The minimum Gasteiger partial charge on any atom is -0.340 e. The normalized spacial score (nSPS) is 33.2. The van der Waals surface area contributed by atoms with Gasteiger partial charge in [-0.05, 0) is 12.8 Å². The summed E-state index contributed by atoms with van der Waals surface area (Å²) >= 11 is 0. The van der Waals surface area contributed by atoms with E-state index in [-0.39, 0.29) is 5.78 Å². The second-order valence-corrected chi connectivity index (χ2v) is 5.58. The summed E-state index contributed by atoms with van der Waals surface area (Å²) in [7, 11) is -2.80. The Labute approximate surface area is 61.3 Å². The first-order valence-electron chi connectivity index (χ1n) is 3.74. The molecule has 0 amide bonds. The van der Waals surface area contributed by atoms with E-state index in [4.69, 9.17) is 4.89 Å². The molecule has 60 valence electrons. The van der Waals surface area contributed by atoms with E-state index in [0.29, 0.717) is 0 Å². The van der Waals surface area contributed by atoms with E-state index in [1.54, 1.807) is 0 Å². The van der Waals surface area contributed by atoms with Crippen molar-refractivity contribution in [2.75, 3.05) is 13.2 Å². The highest BCUT2D eigenvalue weighted by Crippen LogP contribution is 2.40. The predicted octanol–water partition coefficient (Wildman–Crippen LogP) is -0.0400. The van der Waals surface area contributed by atoms with Gasteiger partial charge in [0.25, 0.3) is 7.37 Å². The number of piperidine rings is 1. The van der Waals surface area contributed by atoms with Gasteiger partial charge in [-0.3, -0.25) is 4.57 Å². The molecule has 0 aromatic carbocycles. The molecular formula is C6H15NO2P+. The molecular weight excluding hydrogens is 149 g/mol. The molecule has 0 bridgehead atoms. The summed E-state index contributed by atoms with van der Waals surface area (Å²) in [5.41, 5.74) is 0. The molecule has 3 nitrogen and oxygen atoms in total. The Balaban J connectivity index is 2.47. The molecule has 0 aromatic rings. The lowest BCUT2D eigenvalue weighted by molar-refractivity contribution is -0.678. The minimum atomic E-state index is -2.80. The van der Waals surface area contributed by atoms with Crippen LogP contribution >= 0.6 is 7.37 Å². The van der Waals surface area contributed by atoms with Crippen LogP contribution in [-0.2, 0) is 4.57 Å². The third-order valence-corrected chi connectivity index (χ3v) is 3.71. The van der Waals surface area contributed by atoms with E-state index in [1.807, 2.05) is 5.32 Å². The summed E-state index contributed by atoms with van der Waals surface area (Å²) in [6.07, 6.45) is 3.21. The molecule has 1 heterocycles. The Morgan fingerprint density at radius 1 is 1.60 bits per heavy atom. The Bertz CT molecular complexity index is 148. The fourth-order valence-electron chi connectivity index (χ4n) is 1.36. The van der Waals surface area contributed by atoms with Gasteiger partial charge >= 0.3 is 0 Å². The molecule has 0 radical (unpaired) electrons. The van der Waals surface area contributed by atoms with E-state index >= 15 is 0 Å². The summed E-state index contributed by atoms with van der Waals surface area (Å²) in [6, 6.07) is 0. The van der Waals surface area contributed by atoms with Gasteiger partial charge in [0.05, 0.1) is 6.54 Å². The molecule has 2 atom stereocenters. The monoisotopic (exact) mass is 164 g/mol. The number of rotatable bonds is 1. The summed E-state index contributed by atoms with van der Waals surface area (Å²) in [6.45, 7) is 2.47. The molecule has 0 aliphatic carbocycles. The predicted molar refractivity (Wildman–Crippen MR) is 40.2 cm³/mol. The number of hydrogen-bond donors (Lipinski definition) is 2. The summed E-state index contributed by atoms with van der Waals surface area (Å²) in [5, 5.41) is 2.00. The average Bonchev–Trinajstić information content (AvgIpc) is 1.88. The van der Waals surface area contributed by atoms with E-state index in [1.165, 1.54) is 13.1 Å². The summed E-state index contributed by atoms with van der Waals surface area (Å²) in [5.74, 6) is -0.0127. The maximum absolute atomic E-state index is 11.1. The smallest absolute Gasteiger partial charge is 0.253 e. The number of nitrogens with two attached hydrogens (primary N) is 1. The molecule has 1 aliphatic heterocycles. The van der Waals surface area contributed by atoms with Crippen LogP contribution in [0.15, 0.2) is 0 Å². The van der Waals surface area contributed by atoms with Crippen LogP contribution in [0, 0.1) is 0 Å². The molecule has 1 rings (SSSR count). The first kappa shape index (κ1) is 8.25. The van der Waals surface area contributed by atoms with Crippen LogP contribution in [0.2, 0.25) is 0 Å². The van der Waals surface area contributed by atoms with E-state index in [2.05, 4.69) is 0 Å². The molecule has 0 spiro atoms. The third-order valence-electron chi connectivity index (χ3n) is 2.01. The topological polar surface area (TPSA) is 53.9 Å². The molecule has 3 N–H and O–H groups in total. The van der Waals surface area contributed by atoms with Gasteiger partial charge in [0.1, 0.15) is 0 Å². The highest BCUT2D eigenvalue weighted by Gasteiger charge is 2.30. The van der Waals surface area contributed by atoms with E-state index < -0.39 is 7.37 Å². The standard InChI is InChI=1S/C6H14NO2P/c1-10(8,9)6-4-2-3-5-7-6/h6-7H,2-5H2,1H3,(H,8,9)/p+1/t6-/m0/s1. The quantitative estimate of drug-likeness (QED) is 0.534. The van der Waals surface area contributed by atoms with Gasteiger partial charge < -0.3 is 10.2 Å². The number of hydrogen-bond acceptors (Lipinski definition) is 1. The molecule has 4 heteroatoms. The highest BCUT2D eigenvalue weighted by molar-refractivity contribution is 7.57. The van der Waals surface area contributed by atoms with Crippen LogP contribution in [0.3, 0.4) is 0 Å². The lowest BCUT2D eigenvalue weighted by atomic mass is 10.2. The molecule has 1 saturated heterocycles. The van der Waals surface area contributed by atoms with Crippen molar-refractivity contribution in [3.63, 3.8) is 0 Å². The molecule has 1 unspecified atom stereocenters. The number of quaternary nitrogens is 1. The van der Waals surface area contributed by atoms with Crippen molar-refractivity contribution in [3.05, 3.63) is 0 Å². The van der Waals surface area contributed by atoms with Crippen LogP contribution in [0.5, 0.6) is 0 Å². The fourth-order valence-corrected chi connectivity index (χ4v) is 2.56. The van der Waals surface area contributed by atoms with Crippen LogP contribution < -0.4 is 5.32 Å². The molecule has 1 fully saturated rings. The van der Waals surface area contributed by atoms with Crippen molar-refractivity contribution in [1.29, 1.82) is 0 Å². The maximum Gasteiger partial charge on any atom is 0.253 e. The van der Waals surface area contributed by atoms with Gasteiger partial charge in [0.15, 0.2) is 5.78 Å². The molecule has 1 aliphatic rings. The largest absolute Gasteiger partial charge is 0.340 e. The van der Waals surface area contributed by atoms with Gasteiger partial charge in [0.2, 0.25) is 0 Å². The van der Waals surface area contributed by atoms with Crippen LogP contribution in [0.4, 0.5) is 0 Å². The second-order valence-electron chi connectivity index (χ2n) is 3.03. The zero-order valence-corrected chi connectivity index (χ0v) is 7.18. The SMILES string of the molecule is CP(=O)(O)[C@H]1CCCC[NH2+]1. The van der Waals surface area contributed by atoms with E-state index in [9.17, 15) is 4.57 Å². The van der Waals surface area contributed by atoms with E-state index in [0.717, 1.165) is 19.4 Å². The first-order valence-corrected chi connectivity index (χ1v) is 5.91. The van der Waals surface area contributed by atoms with Gasteiger partial charge in [0, 0.05) is 13.1 Å². The van der Waals surface area contributed by atoms with Crippen LogP contribution in [0.25, 0.3) is 0 Å².